The van der Waals surface area contributed by atoms with Crippen molar-refractivity contribution in [2.24, 2.45) is 7.05 Å². The first-order valence-electron chi connectivity index (χ1n) is 7.66. The molecule has 0 spiro atoms. The summed E-state index contributed by atoms with van der Waals surface area (Å²) in [7, 11) is 1.99. The van der Waals surface area contributed by atoms with Crippen LogP contribution in [0.15, 0.2) is 78.9 Å². The van der Waals surface area contributed by atoms with Crippen LogP contribution in [0.2, 0.25) is 0 Å². The van der Waals surface area contributed by atoms with E-state index >= 15 is 0 Å². The number of hydrogen-bond acceptors (Lipinski definition) is 2. The molecule has 4 aromatic rings. The second kappa shape index (κ2) is 5.61. The van der Waals surface area contributed by atoms with Crippen LogP contribution in [0.1, 0.15) is 0 Å². The number of nitrogens with zero attached hydrogens (tertiary/aromatic N) is 2. The molecule has 3 aromatic carbocycles. The van der Waals surface area contributed by atoms with Gasteiger partial charge in [0.05, 0.1) is 16.6 Å². The Morgan fingerprint density at radius 2 is 1.48 bits per heavy atom. The standard InChI is InChI=1S/C20H17N3/c1-23-18-14-8-13-17(21-16-11-6-3-7-12-16)19(18)20(22-23)15-9-4-2-5-10-15/h2-14,21H,1H3. The molecule has 0 atom stereocenters. The van der Waals surface area contributed by atoms with E-state index in [0.29, 0.717) is 0 Å². The van der Waals surface area contributed by atoms with Gasteiger partial charge in [0.1, 0.15) is 5.69 Å². The maximum atomic E-state index is 4.74. The lowest BCUT2D eigenvalue weighted by molar-refractivity contribution is 0.800. The normalized spacial score (nSPS) is 10.8. The van der Waals surface area contributed by atoms with Crippen molar-refractivity contribution in [3.05, 3.63) is 78.9 Å². The molecule has 0 radical (unpaired) electrons. The smallest absolute Gasteiger partial charge is 0.102 e. The summed E-state index contributed by atoms with van der Waals surface area (Å²) in [5, 5.41) is 9.40. The molecule has 0 aliphatic heterocycles. The van der Waals surface area contributed by atoms with Crippen molar-refractivity contribution in [1.82, 2.24) is 9.78 Å². The molecule has 4 rings (SSSR count). The molecule has 23 heavy (non-hydrogen) atoms. The molecule has 0 aliphatic carbocycles. The second-order valence-electron chi connectivity index (χ2n) is 5.53. The Morgan fingerprint density at radius 1 is 0.783 bits per heavy atom. The van der Waals surface area contributed by atoms with Crippen LogP contribution >= 0.6 is 0 Å². The van der Waals surface area contributed by atoms with Gasteiger partial charge in [0, 0.05) is 18.3 Å². The van der Waals surface area contributed by atoms with Gasteiger partial charge >= 0.3 is 0 Å². The topological polar surface area (TPSA) is 29.9 Å². The van der Waals surface area contributed by atoms with Gasteiger partial charge in [0.2, 0.25) is 0 Å². The van der Waals surface area contributed by atoms with Crippen molar-refractivity contribution < 1.29 is 0 Å². The number of nitrogens with one attached hydrogen (secondary N) is 1. The number of aryl methyl sites for hydroxylation is 1. The van der Waals surface area contributed by atoms with Crippen molar-refractivity contribution in [2.45, 2.75) is 0 Å². The summed E-state index contributed by atoms with van der Waals surface area (Å²) in [4.78, 5) is 0. The lowest BCUT2D eigenvalue weighted by Gasteiger charge is -2.09. The number of anilines is 2. The fourth-order valence-electron chi connectivity index (χ4n) is 2.89. The molecule has 1 heterocycles. The monoisotopic (exact) mass is 299 g/mol. The third-order valence-electron chi connectivity index (χ3n) is 3.98. The summed E-state index contributed by atoms with van der Waals surface area (Å²) in [6, 6.07) is 26.8. The van der Waals surface area contributed by atoms with Crippen LogP contribution in [0.4, 0.5) is 11.4 Å². The van der Waals surface area contributed by atoms with E-state index in [2.05, 4.69) is 47.8 Å². The lowest BCUT2D eigenvalue weighted by atomic mass is 10.1. The predicted octanol–water partition coefficient (Wildman–Crippen LogP) is 4.98. The summed E-state index contributed by atoms with van der Waals surface area (Å²) in [5.41, 5.74) is 5.39. The average molecular weight is 299 g/mol. The number of para-hydroxylation sites is 1. The summed E-state index contributed by atoms with van der Waals surface area (Å²) in [6.45, 7) is 0. The van der Waals surface area contributed by atoms with E-state index in [1.165, 1.54) is 0 Å². The highest BCUT2D eigenvalue weighted by Crippen LogP contribution is 2.34. The molecule has 3 nitrogen and oxygen atoms in total. The molecule has 0 saturated heterocycles. The van der Waals surface area contributed by atoms with Crippen LogP contribution in [0.3, 0.4) is 0 Å². The zero-order chi connectivity index (χ0) is 15.6. The molecule has 0 fully saturated rings. The van der Waals surface area contributed by atoms with Gasteiger partial charge in [-0.3, -0.25) is 4.68 Å². The van der Waals surface area contributed by atoms with Crippen molar-refractivity contribution in [1.29, 1.82) is 0 Å². The van der Waals surface area contributed by atoms with Crippen molar-refractivity contribution in [2.75, 3.05) is 5.32 Å². The Morgan fingerprint density at radius 3 is 2.22 bits per heavy atom. The Hall–Kier alpha value is -3.07. The van der Waals surface area contributed by atoms with E-state index in [1.807, 2.05) is 48.1 Å². The van der Waals surface area contributed by atoms with Crippen molar-refractivity contribution >= 4 is 22.3 Å². The van der Waals surface area contributed by atoms with Crippen LogP contribution in [0.5, 0.6) is 0 Å². The summed E-state index contributed by atoms with van der Waals surface area (Å²) in [5.74, 6) is 0. The number of benzene rings is 3. The van der Waals surface area contributed by atoms with Crippen molar-refractivity contribution in [3.8, 4) is 11.3 Å². The van der Waals surface area contributed by atoms with E-state index in [4.69, 9.17) is 5.10 Å². The molecule has 0 amide bonds. The first-order chi connectivity index (χ1) is 11.3. The van der Waals surface area contributed by atoms with Gasteiger partial charge in [-0.05, 0) is 24.3 Å². The van der Waals surface area contributed by atoms with Gasteiger partial charge in [-0.25, -0.2) is 0 Å². The number of fused-ring (bicyclic) bond motifs is 1. The molecule has 1 aromatic heterocycles. The average Bonchev–Trinajstić information content (AvgIpc) is 2.95. The van der Waals surface area contributed by atoms with E-state index in [1.54, 1.807) is 0 Å². The van der Waals surface area contributed by atoms with E-state index in [-0.39, 0.29) is 0 Å². The van der Waals surface area contributed by atoms with Gasteiger partial charge < -0.3 is 5.32 Å². The fraction of sp³-hybridized carbons (Fsp3) is 0.0500. The third kappa shape index (κ3) is 2.46. The summed E-state index contributed by atoms with van der Waals surface area (Å²) >= 11 is 0. The first kappa shape index (κ1) is 13.6. The first-order valence-corrected chi connectivity index (χ1v) is 7.66. The highest BCUT2D eigenvalue weighted by molar-refractivity contribution is 6.03. The fourth-order valence-corrected chi connectivity index (χ4v) is 2.89. The quantitative estimate of drug-likeness (QED) is 0.578. The van der Waals surface area contributed by atoms with Gasteiger partial charge in [-0.1, -0.05) is 54.6 Å². The summed E-state index contributed by atoms with van der Waals surface area (Å²) in [6.07, 6.45) is 0. The minimum atomic E-state index is 1.00. The second-order valence-corrected chi connectivity index (χ2v) is 5.53. The molecule has 0 aliphatic rings. The van der Waals surface area contributed by atoms with Crippen molar-refractivity contribution in [3.63, 3.8) is 0 Å². The molecule has 0 saturated carbocycles. The maximum Gasteiger partial charge on any atom is 0.102 e. The van der Waals surface area contributed by atoms with Gasteiger partial charge in [0.15, 0.2) is 0 Å². The van der Waals surface area contributed by atoms with Crippen LogP contribution < -0.4 is 5.32 Å². The highest BCUT2D eigenvalue weighted by atomic mass is 15.3. The molecule has 0 unspecified atom stereocenters. The van der Waals surface area contributed by atoms with Gasteiger partial charge in [0.25, 0.3) is 0 Å². The van der Waals surface area contributed by atoms with Crippen LogP contribution in [-0.2, 0) is 7.05 Å². The molecular weight excluding hydrogens is 282 g/mol. The molecule has 1 N–H and O–H groups in total. The number of aromatic nitrogens is 2. The zero-order valence-electron chi connectivity index (χ0n) is 12.9. The Labute approximate surface area is 135 Å². The minimum Gasteiger partial charge on any atom is -0.355 e. The Kier molecular flexibility index (Phi) is 3.31. The molecule has 112 valence electrons. The number of rotatable bonds is 3. The van der Waals surface area contributed by atoms with Gasteiger partial charge in [-0.2, -0.15) is 5.10 Å². The zero-order valence-corrected chi connectivity index (χ0v) is 12.9. The highest BCUT2D eigenvalue weighted by Gasteiger charge is 2.14. The molecule has 0 bridgehead atoms. The summed E-state index contributed by atoms with van der Waals surface area (Å²) < 4.78 is 1.94. The number of hydrogen-bond donors (Lipinski definition) is 1. The van der Waals surface area contributed by atoms with E-state index < -0.39 is 0 Å². The van der Waals surface area contributed by atoms with Gasteiger partial charge in [-0.15, -0.1) is 0 Å². The predicted molar refractivity (Wildman–Crippen MR) is 95.9 cm³/mol. The lowest BCUT2D eigenvalue weighted by Crippen LogP contribution is -1.91. The Bertz CT molecular complexity index is 941. The largest absolute Gasteiger partial charge is 0.355 e. The molecular formula is C20H17N3. The minimum absolute atomic E-state index is 1.00. The van der Waals surface area contributed by atoms with Crippen LogP contribution in [0, 0.1) is 0 Å². The van der Waals surface area contributed by atoms with E-state index in [9.17, 15) is 0 Å². The van der Waals surface area contributed by atoms with E-state index in [0.717, 1.165) is 33.5 Å². The van der Waals surface area contributed by atoms with Crippen LogP contribution in [-0.4, -0.2) is 9.78 Å². The SMILES string of the molecule is Cn1nc(-c2ccccc2)c2c(Nc3ccccc3)cccc21. The third-order valence-corrected chi connectivity index (χ3v) is 3.98. The van der Waals surface area contributed by atoms with Crippen LogP contribution in [0.25, 0.3) is 22.2 Å². The maximum absolute atomic E-state index is 4.74. The molecule has 3 heteroatoms. The Balaban J connectivity index is 1.92.